The largest absolute Gasteiger partial charge is 0.462 e. The highest BCUT2D eigenvalue weighted by Crippen LogP contribution is 2.21. The quantitative estimate of drug-likeness (QED) is 0.351. The molecule has 0 atom stereocenters. The van der Waals surface area contributed by atoms with E-state index in [1.165, 1.54) is 23.9 Å². The number of esters is 1. The van der Waals surface area contributed by atoms with E-state index in [0.717, 1.165) is 4.90 Å². The van der Waals surface area contributed by atoms with Crippen molar-refractivity contribution in [3.63, 3.8) is 0 Å². The molecule has 0 heterocycles. The average Bonchev–Trinajstić information content (AvgIpc) is 2.61. The smallest absolute Gasteiger partial charge is 0.338 e. The Morgan fingerprint density at radius 3 is 2.32 bits per heavy atom. The van der Waals surface area contributed by atoms with E-state index >= 15 is 0 Å². The second kappa shape index (κ2) is 8.84. The summed E-state index contributed by atoms with van der Waals surface area (Å²) < 4.78 is 4.89. The van der Waals surface area contributed by atoms with E-state index in [1.807, 2.05) is 0 Å². The lowest BCUT2D eigenvalue weighted by molar-refractivity contribution is -0.384. The van der Waals surface area contributed by atoms with Crippen molar-refractivity contribution in [3.8, 4) is 0 Å². The van der Waals surface area contributed by atoms with Crippen molar-refractivity contribution in [2.45, 2.75) is 11.8 Å². The summed E-state index contributed by atoms with van der Waals surface area (Å²) in [6, 6.07) is 12.4. The van der Waals surface area contributed by atoms with E-state index in [2.05, 4.69) is 5.32 Å². The van der Waals surface area contributed by atoms with Gasteiger partial charge in [0.15, 0.2) is 0 Å². The molecule has 25 heavy (non-hydrogen) atoms. The second-order valence-electron chi connectivity index (χ2n) is 4.89. The van der Waals surface area contributed by atoms with Crippen LogP contribution in [-0.2, 0) is 9.53 Å². The Morgan fingerprint density at radius 1 is 1.12 bits per heavy atom. The first-order valence-corrected chi connectivity index (χ1v) is 8.42. The molecule has 0 spiro atoms. The van der Waals surface area contributed by atoms with E-state index in [4.69, 9.17) is 4.74 Å². The van der Waals surface area contributed by atoms with Crippen LogP contribution in [0.2, 0.25) is 0 Å². The van der Waals surface area contributed by atoms with Gasteiger partial charge in [0.1, 0.15) is 0 Å². The molecule has 1 amide bonds. The molecular weight excluding hydrogens is 344 g/mol. The highest BCUT2D eigenvalue weighted by atomic mass is 32.2. The number of amides is 1. The molecular formula is C17H16N2O5S. The summed E-state index contributed by atoms with van der Waals surface area (Å²) in [5.74, 6) is -0.460. The number of nitro benzene ring substituents is 1. The zero-order chi connectivity index (χ0) is 18.2. The molecule has 1 N–H and O–H groups in total. The molecule has 130 valence electrons. The van der Waals surface area contributed by atoms with Gasteiger partial charge in [-0.3, -0.25) is 14.9 Å². The van der Waals surface area contributed by atoms with E-state index in [-0.39, 0.29) is 17.3 Å². The lowest BCUT2D eigenvalue weighted by atomic mass is 10.2. The summed E-state index contributed by atoms with van der Waals surface area (Å²) in [6.07, 6.45) is 0. The number of carbonyl (C=O) groups is 2. The van der Waals surface area contributed by atoms with Crippen molar-refractivity contribution in [2.75, 3.05) is 17.7 Å². The fraction of sp³-hybridized carbons (Fsp3) is 0.176. The van der Waals surface area contributed by atoms with Gasteiger partial charge in [-0.15, -0.1) is 11.8 Å². The van der Waals surface area contributed by atoms with E-state index in [9.17, 15) is 19.7 Å². The van der Waals surface area contributed by atoms with Crippen LogP contribution in [0.4, 0.5) is 11.4 Å². The maximum absolute atomic E-state index is 12.0. The van der Waals surface area contributed by atoms with E-state index < -0.39 is 10.9 Å². The molecule has 2 aromatic rings. The van der Waals surface area contributed by atoms with Crippen LogP contribution in [0.5, 0.6) is 0 Å². The van der Waals surface area contributed by atoms with Gasteiger partial charge in [0.2, 0.25) is 5.91 Å². The minimum atomic E-state index is -0.471. The predicted octanol–water partition coefficient (Wildman–Crippen LogP) is 3.50. The molecule has 2 rings (SSSR count). The Labute approximate surface area is 148 Å². The highest BCUT2D eigenvalue weighted by Gasteiger charge is 2.09. The standard InChI is InChI=1S/C17H16N2O5S/c1-2-24-17(21)12-3-5-13(6-4-12)18-16(20)11-25-15-9-7-14(8-10-15)19(22)23/h3-10H,2,11H2,1H3,(H,18,20). The Kier molecular flexibility index (Phi) is 6.53. The molecule has 8 heteroatoms. The number of anilines is 1. The fourth-order valence-corrected chi connectivity index (χ4v) is 2.61. The van der Waals surface area contributed by atoms with Crippen LogP contribution in [0, 0.1) is 10.1 Å². The molecule has 0 saturated carbocycles. The third kappa shape index (κ3) is 5.61. The third-order valence-corrected chi connectivity index (χ3v) is 4.11. The summed E-state index contributed by atoms with van der Waals surface area (Å²) in [5.41, 5.74) is 0.998. The van der Waals surface area contributed by atoms with Crippen molar-refractivity contribution in [1.82, 2.24) is 0 Å². The van der Waals surface area contributed by atoms with Crippen LogP contribution in [0.3, 0.4) is 0 Å². The molecule has 0 unspecified atom stereocenters. The number of rotatable bonds is 7. The first-order chi connectivity index (χ1) is 12.0. The zero-order valence-electron chi connectivity index (χ0n) is 13.4. The van der Waals surface area contributed by atoms with Gasteiger partial charge in [-0.25, -0.2) is 4.79 Å². The Balaban J connectivity index is 1.85. The summed E-state index contributed by atoms with van der Waals surface area (Å²) in [4.78, 5) is 34.4. The lowest BCUT2D eigenvalue weighted by Crippen LogP contribution is -2.14. The number of thioether (sulfide) groups is 1. The molecule has 0 bridgehead atoms. The number of non-ortho nitro benzene ring substituents is 1. The number of hydrogen-bond acceptors (Lipinski definition) is 6. The van der Waals surface area contributed by atoms with Crippen molar-refractivity contribution in [2.24, 2.45) is 0 Å². The van der Waals surface area contributed by atoms with Crippen LogP contribution >= 0.6 is 11.8 Å². The first kappa shape index (κ1) is 18.5. The van der Waals surface area contributed by atoms with Crippen molar-refractivity contribution < 1.29 is 19.2 Å². The molecule has 0 radical (unpaired) electrons. The minimum Gasteiger partial charge on any atom is -0.462 e. The maximum atomic E-state index is 12.0. The van der Waals surface area contributed by atoms with Crippen LogP contribution in [0.25, 0.3) is 0 Å². The third-order valence-electron chi connectivity index (χ3n) is 3.10. The number of hydrogen-bond donors (Lipinski definition) is 1. The minimum absolute atomic E-state index is 0.00971. The first-order valence-electron chi connectivity index (χ1n) is 7.44. The number of nitrogens with one attached hydrogen (secondary N) is 1. The summed E-state index contributed by atoms with van der Waals surface area (Å²) in [7, 11) is 0. The lowest BCUT2D eigenvalue weighted by Gasteiger charge is -2.06. The maximum Gasteiger partial charge on any atom is 0.338 e. The summed E-state index contributed by atoms with van der Waals surface area (Å²) in [5, 5.41) is 13.3. The summed E-state index contributed by atoms with van der Waals surface area (Å²) in [6.45, 7) is 2.03. The second-order valence-corrected chi connectivity index (χ2v) is 5.93. The number of ether oxygens (including phenoxy) is 1. The van der Waals surface area contributed by atoms with Crippen molar-refractivity contribution in [1.29, 1.82) is 0 Å². The molecule has 0 aliphatic rings. The van der Waals surface area contributed by atoms with Crippen molar-refractivity contribution in [3.05, 3.63) is 64.2 Å². The number of nitro groups is 1. The normalized spacial score (nSPS) is 10.1. The molecule has 0 fully saturated rings. The molecule has 0 aromatic heterocycles. The van der Waals surface area contributed by atoms with Gasteiger partial charge in [0, 0.05) is 22.7 Å². The van der Waals surface area contributed by atoms with E-state index in [1.54, 1.807) is 43.3 Å². The van der Waals surface area contributed by atoms with Crippen molar-refractivity contribution >= 4 is 35.0 Å². The van der Waals surface area contributed by atoms with Gasteiger partial charge in [0.25, 0.3) is 5.69 Å². The topological polar surface area (TPSA) is 98.5 Å². The number of benzene rings is 2. The predicted molar refractivity (Wildman–Crippen MR) is 94.8 cm³/mol. The molecule has 2 aromatic carbocycles. The molecule has 0 aliphatic heterocycles. The van der Waals surface area contributed by atoms with Gasteiger partial charge >= 0.3 is 5.97 Å². The van der Waals surface area contributed by atoms with Gasteiger partial charge in [-0.1, -0.05) is 0 Å². The molecule has 0 aliphatic carbocycles. The molecule has 7 nitrogen and oxygen atoms in total. The van der Waals surface area contributed by atoms with E-state index in [0.29, 0.717) is 17.9 Å². The Hall–Kier alpha value is -2.87. The van der Waals surface area contributed by atoms with Gasteiger partial charge in [-0.2, -0.15) is 0 Å². The SMILES string of the molecule is CCOC(=O)c1ccc(NC(=O)CSc2ccc([N+](=O)[O-])cc2)cc1. The van der Waals surface area contributed by atoms with Crippen LogP contribution < -0.4 is 5.32 Å². The number of nitrogens with zero attached hydrogens (tertiary/aromatic N) is 1. The van der Waals surface area contributed by atoms with Crippen LogP contribution in [-0.4, -0.2) is 29.2 Å². The highest BCUT2D eigenvalue weighted by molar-refractivity contribution is 8.00. The average molecular weight is 360 g/mol. The zero-order valence-corrected chi connectivity index (χ0v) is 14.2. The van der Waals surface area contributed by atoms with Gasteiger partial charge in [0.05, 0.1) is 22.8 Å². The van der Waals surface area contributed by atoms with Crippen LogP contribution in [0.1, 0.15) is 17.3 Å². The molecule has 0 saturated heterocycles. The monoisotopic (exact) mass is 360 g/mol. The van der Waals surface area contributed by atoms with Crippen LogP contribution in [0.15, 0.2) is 53.4 Å². The van der Waals surface area contributed by atoms with Gasteiger partial charge in [-0.05, 0) is 43.3 Å². The number of carbonyl (C=O) groups excluding carboxylic acids is 2. The Morgan fingerprint density at radius 2 is 1.76 bits per heavy atom. The fourth-order valence-electron chi connectivity index (χ4n) is 1.91. The Bertz CT molecular complexity index is 760. The summed E-state index contributed by atoms with van der Waals surface area (Å²) >= 11 is 1.27. The van der Waals surface area contributed by atoms with Gasteiger partial charge < -0.3 is 10.1 Å².